The molecule has 1 aromatic rings. The van der Waals surface area contributed by atoms with E-state index in [1.165, 1.54) is 0 Å². The first kappa shape index (κ1) is 14.6. The van der Waals surface area contributed by atoms with Crippen LogP contribution in [0.2, 0.25) is 5.02 Å². The average Bonchev–Trinajstić information content (AvgIpc) is 2.37. The molecule has 1 atom stereocenters. The molecule has 0 bridgehead atoms. The van der Waals surface area contributed by atoms with Gasteiger partial charge in [0.1, 0.15) is 11.9 Å². The monoisotopic (exact) mass is 269 g/mol. The third kappa shape index (κ3) is 5.27. The predicted molar refractivity (Wildman–Crippen MR) is 76.6 cm³/mol. The van der Waals surface area contributed by atoms with Crippen molar-refractivity contribution in [2.75, 3.05) is 20.1 Å². The van der Waals surface area contributed by atoms with Gasteiger partial charge in [-0.1, -0.05) is 11.6 Å². The van der Waals surface area contributed by atoms with Crippen LogP contribution in [-0.2, 0) is 0 Å². The lowest BCUT2D eigenvalue weighted by Crippen LogP contribution is -2.41. The summed E-state index contributed by atoms with van der Waals surface area (Å²) < 4.78 is 5.74. The number of guanidine groups is 1. The number of rotatable bonds is 5. The van der Waals surface area contributed by atoms with E-state index in [0.717, 1.165) is 18.3 Å². The second-order valence-corrected chi connectivity index (χ2v) is 4.30. The maximum absolute atomic E-state index is 5.81. The normalized spacial score (nSPS) is 13.0. The number of halogens is 1. The maximum Gasteiger partial charge on any atom is 0.191 e. The lowest BCUT2D eigenvalue weighted by atomic mass is 10.3. The molecule has 18 heavy (non-hydrogen) atoms. The minimum absolute atomic E-state index is 0.0431. The Kier molecular flexibility index (Phi) is 6.36. The van der Waals surface area contributed by atoms with E-state index in [2.05, 4.69) is 15.6 Å². The Morgan fingerprint density at radius 2 is 2.00 bits per heavy atom. The topological polar surface area (TPSA) is 45.7 Å². The fourth-order valence-electron chi connectivity index (χ4n) is 1.42. The van der Waals surface area contributed by atoms with Crippen LogP contribution in [0.5, 0.6) is 5.75 Å². The summed E-state index contributed by atoms with van der Waals surface area (Å²) in [6.07, 6.45) is 0.0431. The number of benzene rings is 1. The first-order chi connectivity index (χ1) is 8.65. The Balaban J connectivity index is 2.37. The predicted octanol–water partition coefficient (Wildman–Crippen LogP) is 2.29. The standard InChI is InChI=1S/C13H20ClN3O/c1-4-16-13(15-3)17-9-10(2)18-12-7-5-11(14)6-8-12/h5-8,10H,4,9H2,1-3H3,(H2,15,16,17). The van der Waals surface area contributed by atoms with Gasteiger partial charge in [-0.05, 0) is 38.1 Å². The van der Waals surface area contributed by atoms with E-state index in [9.17, 15) is 0 Å². The fraction of sp³-hybridized carbons (Fsp3) is 0.462. The summed E-state index contributed by atoms with van der Waals surface area (Å²) in [5, 5.41) is 7.02. The summed E-state index contributed by atoms with van der Waals surface area (Å²) in [5.74, 6) is 1.59. The highest BCUT2D eigenvalue weighted by molar-refractivity contribution is 6.30. The molecule has 0 radical (unpaired) electrons. The van der Waals surface area contributed by atoms with Gasteiger partial charge in [-0.25, -0.2) is 0 Å². The van der Waals surface area contributed by atoms with Gasteiger partial charge in [0.25, 0.3) is 0 Å². The van der Waals surface area contributed by atoms with E-state index in [-0.39, 0.29) is 6.10 Å². The van der Waals surface area contributed by atoms with E-state index in [1.54, 1.807) is 7.05 Å². The van der Waals surface area contributed by atoms with Gasteiger partial charge in [-0.2, -0.15) is 0 Å². The van der Waals surface area contributed by atoms with Crippen molar-refractivity contribution in [1.29, 1.82) is 0 Å². The molecule has 5 heteroatoms. The summed E-state index contributed by atoms with van der Waals surface area (Å²) in [4.78, 5) is 4.09. The summed E-state index contributed by atoms with van der Waals surface area (Å²) in [5.41, 5.74) is 0. The largest absolute Gasteiger partial charge is 0.489 e. The number of nitrogens with zero attached hydrogens (tertiary/aromatic N) is 1. The molecule has 0 spiro atoms. The van der Waals surface area contributed by atoms with Crippen LogP contribution in [0.25, 0.3) is 0 Å². The van der Waals surface area contributed by atoms with Crippen molar-refractivity contribution in [2.24, 2.45) is 4.99 Å². The highest BCUT2D eigenvalue weighted by Gasteiger charge is 2.05. The number of hydrogen-bond donors (Lipinski definition) is 2. The zero-order valence-corrected chi connectivity index (χ0v) is 11.8. The number of hydrogen-bond acceptors (Lipinski definition) is 2. The molecular formula is C13H20ClN3O. The Labute approximate surface area is 113 Å². The Hall–Kier alpha value is -1.42. The van der Waals surface area contributed by atoms with Crippen LogP contribution in [0.4, 0.5) is 0 Å². The van der Waals surface area contributed by atoms with E-state index < -0.39 is 0 Å². The van der Waals surface area contributed by atoms with Crippen LogP contribution >= 0.6 is 11.6 Å². The number of nitrogens with one attached hydrogen (secondary N) is 2. The molecule has 0 aliphatic heterocycles. The number of ether oxygens (including phenoxy) is 1. The smallest absolute Gasteiger partial charge is 0.191 e. The Bertz CT molecular complexity index is 378. The van der Waals surface area contributed by atoms with Gasteiger partial charge >= 0.3 is 0 Å². The molecule has 0 heterocycles. The van der Waals surface area contributed by atoms with Crippen LogP contribution in [-0.4, -0.2) is 32.2 Å². The fourth-order valence-corrected chi connectivity index (χ4v) is 1.54. The van der Waals surface area contributed by atoms with E-state index >= 15 is 0 Å². The lowest BCUT2D eigenvalue weighted by Gasteiger charge is -2.17. The second-order valence-electron chi connectivity index (χ2n) is 3.87. The molecule has 0 saturated carbocycles. The molecule has 0 saturated heterocycles. The minimum Gasteiger partial charge on any atom is -0.489 e. The van der Waals surface area contributed by atoms with Crippen molar-refractivity contribution in [2.45, 2.75) is 20.0 Å². The van der Waals surface area contributed by atoms with Crippen molar-refractivity contribution in [3.63, 3.8) is 0 Å². The van der Waals surface area contributed by atoms with Crippen molar-refractivity contribution >= 4 is 17.6 Å². The molecule has 100 valence electrons. The van der Waals surface area contributed by atoms with E-state index in [0.29, 0.717) is 11.6 Å². The van der Waals surface area contributed by atoms with Gasteiger partial charge in [-0.15, -0.1) is 0 Å². The SMILES string of the molecule is CCNC(=NC)NCC(C)Oc1ccc(Cl)cc1. The molecule has 0 aliphatic carbocycles. The van der Waals surface area contributed by atoms with Crippen LogP contribution in [0.3, 0.4) is 0 Å². The van der Waals surface area contributed by atoms with Crippen LogP contribution in [0.15, 0.2) is 29.3 Å². The van der Waals surface area contributed by atoms with Crippen molar-refractivity contribution in [1.82, 2.24) is 10.6 Å². The van der Waals surface area contributed by atoms with Gasteiger partial charge in [0.15, 0.2) is 5.96 Å². The molecular weight excluding hydrogens is 250 g/mol. The average molecular weight is 270 g/mol. The summed E-state index contributed by atoms with van der Waals surface area (Å²) in [6, 6.07) is 7.35. The third-order valence-electron chi connectivity index (χ3n) is 2.28. The van der Waals surface area contributed by atoms with E-state index in [1.807, 2.05) is 38.1 Å². The van der Waals surface area contributed by atoms with Gasteiger partial charge in [-0.3, -0.25) is 4.99 Å². The Morgan fingerprint density at radius 1 is 1.33 bits per heavy atom. The maximum atomic E-state index is 5.81. The van der Waals surface area contributed by atoms with E-state index in [4.69, 9.17) is 16.3 Å². The first-order valence-corrected chi connectivity index (χ1v) is 6.40. The molecule has 0 aliphatic rings. The first-order valence-electron chi connectivity index (χ1n) is 6.02. The summed E-state index contributed by atoms with van der Waals surface area (Å²) in [6.45, 7) is 5.55. The van der Waals surface area contributed by atoms with Gasteiger partial charge in [0.2, 0.25) is 0 Å². The molecule has 1 unspecified atom stereocenters. The molecule has 1 rings (SSSR count). The van der Waals surface area contributed by atoms with Crippen molar-refractivity contribution in [3.8, 4) is 5.75 Å². The molecule has 0 amide bonds. The summed E-state index contributed by atoms with van der Waals surface area (Å²) in [7, 11) is 1.75. The summed E-state index contributed by atoms with van der Waals surface area (Å²) >= 11 is 5.81. The molecule has 1 aromatic carbocycles. The van der Waals surface area contributed by atoms with Gasteiger partial charge in [0, 0.05) is 18.6 Å². The van der Waals surface area contributed by atoms with Crippen LogP contribution < -0.4 is 15.4 Å². The van der Waals surface area contributed by atoms with Gasteiger partial charge < -0.3 is 15.4 Å². The van der Waals surface area contributed by atoms with Gasteiger partial charge in [0.05, 0.1) is 6.54 Å². The van der Waals surface area contributed by atoms with Crippen LogP contribution in [0.1, 0.15) is 13.8 Å². The van der Waals surface area contributed by atoms with Crippen LogP contribution in [0, 0.1) is 0 Å². The zero-order chi connectivity index (χ0) is 13.4. The highest BCUT2D eigenvalue weighted by Crippen LogP contribution is 2.16. The highest BCUT2D eigenvalue weighted by atomic mass is 35.5. The molecule has 0 fully saturated rings. The lowest BCUT2D eigenvalue weighted by molar-refractivity contribution is 0.224. The molecule has 0 aromatic heterocycles. The minimum atomic E-state index is 0.0431. The molecule has 4 nitrogen and oxygen atoms in total. The number of aliphatic imine (C=N–C) groups is 1. The van der Waals surface area contributed by atoms with Crippen molar-refractivity contribution in [3.05, 3.63) is 29.3 Å². The van der Waals surface area contributed by atoms with Crippen molar-refractivity contribution < 1.29 is 4.74 Å². The third-order valence-corrected chi connectivity index (χ3v) is 2.53. The quantitative estimate of drug-likeness (QED) is 0.637. The second kappa shape index (κ2) is 7.82. The Morgan fingerprint density at radius 3 is 2.56 bits per heavy atom. The zero-order valence-electron chi connectivity index (χ0n) is 11.0. The molecule has 2 N–H and O–H groups in total.